The van der Waals surface area contributed by atoms with Crippen molar-refractivity contribution in [2.45, 2.75) is 52.7 Å². The van der Waals surface area contributed by atoms with E-state index in [0.29, 0.717) is 25.3 Å². The fraction of sp³-hybridized carbons (Fsp3) is 0.476. The van der Waals surface area contributed by atoms with E-state index >= 15 is 0 Å². The fourth-order valence-corrected chi connectivity index (χ4v) is 3.46. The number of carbonyl (C=O) groups excluding carboxylic acids is 2. The number of benzene rings is 1. The highest BCUT2D eigenvalue weighted by Gasteiger charge is 2.34. The number of carbonyl (C=O) groups is 2. The Morgan fingerprint density at radius 3 is 2.71 bits per heavy atom. The van der Waals surface area contributed by atoms with E-state index in [1.807, 2.05) is 32.0 Å². The topological polar surface area (TPSA) is 81.9 Å². The molecule has 1 aliphatic rings. The zero-order chi connectivity index (χ0) is 20.1. The van der Waals surface area contributed by atoms with Gasteiger partial charge in [-0.05, 0) is 51.2 Å². The number of amides is 1. The Kier molecular flexibility index (Phi) is 6.34. The van der Waals surface area contributed by atoms with Crippen molar-refractivity contribution >= 4 is 11.9 Å². The van der Waals surface area contributed by atoms with Gasteiger partial charge in [0.15, 0.2) is 11.5 Å². The molecule has 0 spiro atoms. The van der Waals surface area contributed by atoms with Gasteiger partial charge >= 0.3 is 5.97 Å². The molecule has 1 aromatic carbocycles. The van der Waals surface area contributed by atoms with Crippen molar-refractivity contribution in [3.63, 3.8) is 0 Å². The number of aryl methyl sites for hydroxylation is 2. The van der Waals surface area contributed by atoms with E-state index in [0.717, 1.165) is 29.7 Å². The summed E-state index contributed by atoms with van der Waals surface area (Å²) in [5.74, 6) is 0.568. The van der Waals surface area contributed by atoms with Gasteiger partial charge in [-0.1, -0.05) is 23.4 Å². The van der Waals surface area contributed by atoms with Crippen LogP contribution in [0.3, 0.4) is 0 Å². The van der Waals surface area contributed by atoms with Gasteiger partial charge in [0.05, 0.1) is 6.61 Å². The van der Waals surface area contributed by atoms with Gasteiger partial charge in [-0.15, -0.1) is 0 Å². The van der Waals surface area contributed by atoms with Gasteiger partial charge in [0, 0.05) is 12.6 Å². The Bertz CT molecular complexity index is 825. The number of para-hydroxylation sites is 1. The Balaban J connectivity index is 1.68. The lowest BCUT2D eigenvalue weighted by atomic mass is 10.0. The number of rotatable bonds is 6. The van der Waals surface area contributed by atoms with E-state index in [1.165, 1.54) is 4.90 Å². The average molecular weight is 386 g/mol. The molecule has 1 aromatic heterocycles. The molecule has 3 rings (SSSR count). The third-order valence-corrected chi connectivity index (χ3v) is 4.87. The predicted octanol–water partition coefficient (Wildman–Crippen LogP) is 3.43. The van der Waals surface area contributed by atoms with Crippen LogP contribution in [0.15, 0.2) is 28.8 Å². The van der Waals surface area contributed by atoms with Gasteiger partial charge in [0.25, 0.3) is 5.91 Å². The second-order valence-corrected chi connectivity index (χ2v) is 6.95. The maximum Gasteiger partial charge on any atom is 0.328 e. The highest BCUT2D eigenvalue weighted by atomic mass is 16.5. The molecule has 150 valence electrons. The first kappa shape index (κ1) is 19.9. The van der Waals surface area contributed by atoms with E-state index in [2.05, 4.69) is 5.16 Å². The molecule has 0 aliphatic carbocycles. The van der Waals surface area contributed by atoms with Crippen LogP contribution in [0, 0.1) is 13.8 Å². The monoisotopic (exact) mass is 386 g/mol. The van der Waals surface area contributed by atoms with Crippen LogP contribution in [0.1, 0.15) is 53.6 Å². The largest absolute Gasteiger partial charge is 0.485 e. The molecule has 1 unspecified atom stereocenters. The summed E-state index contributed by atoms with van der Waals surface area (Å²) < 4.78 is 16.2. The molecule has 0 N–H and O–H groups in total. The molecule has 0 radical (unpaired) electrons. The number of hydrogen-bond donors (Lipinski definition) is 0. The minimum absolute atomic E-state index is 0.174. The summed E-state index contributed by atoms with van der Waals surface area (Å²) in [5, 5.41) is 3.89. The van der Waals surface area contributed by atoms with Gasteiger partial charge in [0.2, 0.25) is 0 Å². The number of hydrogen-bond acceptors (Lipinski definition) is 6. The highest BCUT2D eigenvalue weighted by molar-refractivity contribution is 5.95. The molecule has 0 bridgehead atoms. The molecule has 1 atom stereocenters. The Hall–Kier alpha value is -2.83. The minimum Gasteiger partial charge on any atom is -0.485 e. The highest BCUT2D eigenvalue weighted by Crippen LogP contribution is 2.24. The molecule has 7 heteroatoms. The molecule has 28 heavy (non-hydrogen) atoms. The lowest BCUT2D eigenvalue weighted by Gasteiger charge is -2.33. The van der Waals surface area contributed by atoms with Crippen LogP contribution in [0.2, 0.25) is 0 Å². The second-order valence-electron chi connectivity index (χ2n) is 6.95. The summed E-state index contributed by atoms with van der Waals surface area (Å²) in [5.41, 5.74) is 2.24. The van der Waals surface area contributed by atoms with Crippen LogP contribution in [0.4, 0.5) is 0 Å². The summed E-state index contributed by atoms with van der Waals surface area (Å²) in [4.78, 5) is 26.6. The van der Waals surface area contributed by atoms with Gasteiger partial charge in [-0.2, -0.15) is 0 Å². The van der Waals surface area contributed by atoms with Crippen molar-refractivity contribution in [3.8, 4) is 5.75 Å². The number of nitrogens with zero attached hydrogens (tertiary/aromatic N) is 2. The fourth-order valence-electron chi connectivity index (χ4n) is 3.46. The number of ether oxygens (including phenoxy) is 2. The predicted molar refractivity (Wildman–Crippen MR) is 102 cm³/mol. The zero-order valence-electron chi connectivity index (χ0n) is 16.6. The summed E-state index contributed by atoms with van der Waals surface area (Å²) in [6.07, 6.45) is 2.34. The summed E-state index contributed by atoms with van der Waals surface area (Å²) in [6.45, 7) is 6.68. The van der Waals surface area contributed by atoms with E-state index in [9.17, 15) is 9.59 Å². The van der Waals surface area contributed by atoms with Crippen molar-refractivity contribution in [1.29, 1.82) is 0 Å². The quantitative estimate of drug-likeness (QED) is 0.708. The van der Waals surface area contributed by atoms with E-state index < -0.39 is 6.04 Å². The van der Waals surface area contributed by atoms with Crippen molar-refractivity contribution in [2.24, 2.45) is 0 Å². The van der Waals surface area contributed by atoms with Crippen LogP contribution in [0.5, 0.6) is 5.75 Å². The van der Waals surface area contributed by atoms with Crippen molar-refractivity contribution in [1.82, 2.24) is 10.1 Å². The van der Waals surface area contributed by atoms with Gasteiger partial charge in [-0.25, -0.2) is 4.79 Å². The smallest absolute Gasteiger partial charge is 0.328 e. The molecule has 1 fully saturated rings. The van der Waals surface area contributed by atoms with E-state index in [4.69, 9.17) is 14.0 Å². The average Bonchev–Trinajstić information content (AvgIpc) is 3.16. The van der Waals surface area contributed by atoms with Crippen LogP contribution in [0.25, 0.3) is 0 Å². The summed E-state index contributed by atoms with van der Waals surface area (Å²) >= 11 is 0. The maximum absolute atomic E-state index is 12.9. The van der Waals surface area contributed by atoms with Crippen LogP contribution in [-0.2, 0) is 16.1 Å². The molecule has 2 heterocycles. The normalized spacial score (nSPS) is 16.7. The van der Waals surface area contributed by atoms with Crippen LogP contribution >= 0.6 is 0 Å². The third-order valence-electron chi connectivity index (χ3n) is 4.87. The summed E-state index contributed by atoms with van der Waals surface area (Å²) in [7, 11) is 0. The molecular weight excluding hydrogens is 360 g/mol. The molecule has 2 aromatic rings. The Morgan fingerprint density at radius 1 is 1.25 bits per heavy atom. The molecular formula is C21H26N2O5. The zero-order valence-corrected chi connectivity index (χ0v) is 16.6. The molecule has 7 nitrogen and oxygen atoms in total. The van der Waals surface area contributed by atoms with Gasteiger partial charge in [0.1, 0.15) is 18.4 Å². The first-order chi connectivity index (χ1) is 13.5. The molecule has 1 aliphatic heterocycles. The second kappa shape index (κ2) is 8.91. The van der Waals surface area contributed by atoms with Crippen molar-refractivity contribution < 1.29 is 23.6 Å². The van der Waals surface area contributed by atoms with Crippen molar-refractivity contribution in [2.75, 3.05) is 13.2 Å². The SMILES string of the molecule is CCOC(=O)C1CCCCN1C(=O)c1cc(COc2c(C)cccc2C)on1. The number of aromatic nitrogens is 1. The first-order valence-corrected chi connectivity index (χ1v) is 9.63. The third kappa shape index (κ3) is 4.35. The lowest BCUT2D eigenvalue weighted by molar-refractivity contribution is -0.149. The van der Waals surface area contributed by atoms with Crippen LogP contribution in [-0.4, -0.2) is 41.1 Å². The number of piperidine rings is 1. The first-order valence-electron chi connectivity index (χ1n) is 9.63. The van der Waals surface area contributed by atoms with E-state index in [1.54, 1.807) is 13.0 Å². The lowest BCUT2D eigenvalue weighted by Crippen LogP contribution is -2.48. The molecule has 1 amide bonds. The Morgan fingerprint density at radius 2 is 2.00 bits per heavy atom. The standard InChI is InChI=1S/C21H26N2O5/c1-4-26-21(25)18-10-5-6-11-23(18)20(24)17-12-16(28-22-17)13-27-19-14(2)8-7-9-15(19)3/h7-9,12,18H,4-6,10-11,13H2,1-3H3. The molecule has 0 saturated carbocycles. The van der Waals surface area contributed by atoms with Gasteiger partial charge in [-0.3, -0.25) is 4.79 Å². The van der Waals surface area contributed by atoms with Crippen molar-refractivity contribution in [3.05, 3.63) is 46.8 Å². The van der Waals surface area contributed by atoms with Crippen LogP contribution < -0.4 is 4.74 Å². The number of likely N-dealkylation sites (tertiary alicyclic amines) is 1. The Labute approximate surface area is 164 Å². The number of esters is 1. The summed E-state index contributed by atoms with van der Waals surface area (Å²) in [6, 6.07) is 6.94. The van der Waals surface area contributed by atoms with Gasteiger partial charge < -0.3 is 18.9 Å². The van der Waals surface area contributed by atoms with E-state index in [-0.39, 0.29) is 24.2 Å². The molecule has 1 saturated heterocycles. The minimum atomic E-state index is -0.563. The maximum atomic E-state index is 12.9.